The lowest BCUT2D eigenvalue weighted by molar-refractivity contribution is 0.0519. The topological polar surface area (TPSA) is 45.7 Å². The molecule has 0 atom stereocenters. The van der Waals surface area contributed by atoms with E-state index in [1.807, 2.05) is 6.07 Å². The summed E-state index contributed by atoms with van der Waals surface area (Å²) in [6.45, 7) is 11.1. The summed E-state index contributed by atoms with van der Waals surface area (Å²) in [6, 6.07) is 3.75. The molecule has 0 N–H and O–H groups in total. The SMILES string of the molecule is CCCN(CCN1CCCC1)Cc1ccc(C(=O)OCC)nc1. The Hall–Kier alpha value is -1.46. The Bertz CT molecular complexity index is 470. The van der Waals surface area contributed by atoms with Crippen LogP contribution >= 0.6 is 0 Å². The highest BCUT2D eigenvalue weighted by Gasteiger charge is 2.14. The average molecular weight is 319 g/mol. The number of carbonyl (C=O) groups is 1. The Morgan fingerprint density at radius 2 is 2.04 bits per heavy atom. The van der Waals surface area contributed by atoms with Crippen LogP contribution in [0.2, 0.25) is 0 Å². The van der Waals surface area contributed by atoms with E-state index in [2.05, 4.69) is 21.7 Å². The Morgan fingerprint density at radius 3 is 2.65 bits per heavy atom. The molecule has 5 nitrogen and oxygen atoms in total. The number of pyridine rings is 1. The van der Waals surface area contributed by atoms with Gasteiger partial charge in [0, 0.05) is 25.8 Å². The van der Waals surface area contributed by atoms with Crippen LogP contribution in [0.3, 0.4) is 0 Å². The third-order valence-corrected chi connectivity index (χ3v) is 4.19. The van der Waals surface area contributed by atoms with Crippen LogP contribution in [0.15, 0.2) is 18.3 Å². The van der Waals surface area contributed by atoms with Gasteiger partial charge in [0.15, 0.2) is 0 Å². The zero-order valence-electron chi connectivity index (χ0n) is 14.5. The molecule has 0 saturated carbocycles. The minimum absolute atomic E-state index is 0.349. The maximum Gasteiger partial charge on any atom is 0.356 e. The lowest BCUT2D eigenvalue weighted by atomic mass is 10.2. The van der Waals surface area contributed by atoms with Crippen molar-refractivity contribution in [1.29, 1.82) is 0 Å². The fraction of sp³-hybridized carbons (Fsp3) is 0.667. The summed E-state index contributed by atoms with van der Waals surface area (Å²) in [5.74, 6) is -0.349. The van der Waals surface area contributed by atoms with E-state index >= 15 is 0 Å². The standard InChI is InChI=1S/C18H29N3O2/c1-3-9-21(13-12-20-10-5-6-11-20)15-16-7-8-17(19-14-16)18(22)23-4-2/h7-8,14H,3-6,9-13,15H2,1-2H3. The van der Waals surface area contributed by atoms with Crippen LogP contribution in [0.4, 0.5) is 0 Å². The van der Waals surface area contributed by atoms with E-state index in [1.54, 1.807) is 19.2 Å². The average Bonchev–Trinajstić information content (AvgIpc) is 3.07. The van der Waals surface area contributed by atoms with Gasteiger partial charge in [-0.15, -0.1) is 0 Å². The number of ether oxygens (including phenoxy) is 1. The van der Waals surface area contributed by atoms with Gasteiger partial charge in [0.25, 0.3) is 0 Å². The number of hydrogen-bond acceptors (Lipinski definition) is 5. The van der Waals surface area contributed by atoms with Gasteiger partial charge in [-0.05, 0) is 57.5 Å². The fourth-order valence-corrected chi connectivity index (χ4v) is 2.98. The van der Waals surface area contributed by atoms with Crippen molar-refractivity contribution >= 4 is 5.97 Å². The van der Waals surface area contributed by atoms with Crippen molar-refractivity contribution in [3.05, 3.63) is 29.6 Å². The van der Waals surface area contributed by atoms with E-state index in [4.69, 9.17) is 4.74 Å². The van der Waals surface area contributed by atoms with Gasteiger partial charge >= 0.3 is 5.97 Å². The number of likely N-dealkylation sites (tertiary alicyclic amines) is 1. The third kappa shape index (κ3) is 5.92. The summed E-state index contributed by atoms with van der Waals surface area (Å²) in [5.41, 5.74) is 1.53. The molecule has 0 aromatic carbocycles. The van der Waals surface area contributed by atoms with Crippen LogP contribution < -0.4 is 0 Å². The molecule has 0 spiro atoms. The fourth-order valence-electron chi connectivity index (χ4n) is 2.98. The van der Waals surface area contributed by atoms with Gasteiger partial charge < -0.3 is 9.64 Å². The number of carbonyl (C=O) groups excluding carboxylic acids is 1. The highest BCUT2D eigenvalue weighted by atomic mass is 16.5. The van der Waals surface area contributed by atoms with Crippen LogP contribution in [0.1, 0.15) is 49.2 Å². The molecule has 0 radical (unpaired) electrons. The molecule has 1 aromatic rings. The van der Waals surface area contributed by atoms with Crippen molar-refractivity contribution in [3.63, 3.8) is 0 Å². The van der Waals surface area contributed by atoms with Crippen molar-refractivity contribution in [2.45, 2.75) is 39.7 Å². The maximum absolute atomic E-state index is 11.6. The normalized spacial score (nSPS) is 15.3. The second-order valence-electron chi connectivity index (χ2n) is 6.10. The zero-order chi connectivity index (χ0) is 16.5. The monoisotopic (exact) mass is 319 g/mol. The molecule has 2 rings (SSSR count). The molecule has 23 heavy (non-hydrogen) atoms. The molecule has 128 valence electrons. The van der Waals surface area contributed by atoms with Crippen molar-refractivity contribution in [2.24, 2.45) is 0 Å². The molecule has 0 bridgehead atoms. The first-order valence-electron chi connectivity index (χ1n) is 8.79. The second kappa shape index (κ2) is 9.63. The van der Waals surface area contributed by atoms with Gasteiger partial charge in [0.1, 0.15) is 5.69 Å². The molecule has 1 aromatic heterocycles. The Labute approximate surface area is 139 Å². The molecule has 1 saturated heterocycles. The largest absolute Gasteiger partial charge is 0.461 e. The van der Waals surface area contributed by atoms with Crippen LogP contribution in [0.5, 0.6) is 0 Å². The number of hydrogen-bond donors (Lipinski definition) is 0. The van der Waals surface area contributed by atoms with Crippen LogP contribution in [0, 0.1) is 0 Å². The van der Waals surface area contributed by atoms with Crippen LogP contribution in [0.25, 0.3) is 0 Å². The molecular weight excluding hydrogens is 290 g/mol. The molecule has 0 amide bonds. The van der Waals surface area contributed by atoms with E-state index in [-0.39, 0.29) is 5.97 Å². The van der Waals surface area contributed by atoms with E-state index < -0.39 is 0 Å². The molecule has 0 aliphatic carbocycles. The van der Waals surface area contributed by atoms with Crippen molar-refractivity contribution in [2.75, 3.05) is 39.3 Å². The van der Waals surface area contributed by atoms with Gasteiger partial charge in [-0.2, -0.15) is 0 Å². The van der Waals surface area contributed by atoms with Crippen LogP contribution in [-0.2, 0) is 11.3 Å². The Kier molecular flexibility index (Phi) is 7.49. The van der Waals surface area contributed by atoms with Gasteiger partial charge in [0.2, 0.25) is 0 Å². The summed E-state index contributed by atoms with van der Waals surface area (Å²) in [5, 5.41) is 0. The van der Waals surface area contributed by atoms with Gasteiger partial charge in [-0.25, -0.2) is 9.78 Å². The molecule has 2 heterocycles. The van der Waals surface area contributed by atoms with Gasteiger partial charge in [-0.3, -0.25) is 4.90 Å². The Balaban J connectivity index is 1.86. The van der Waals surface area contributed by atoms with Crippen molar-refractivity contribution in [3.8, 4) is 0 Å². The first-order chi connectivity index (χ1) is 11.2. The van der Waals surface area contributed by atoms with E-state index in [1.165, 1.54) is 25.9 Å². The molecular formula is C18H29N3O2. The highest BCUT2D eigenvalue weighted by molar-refractivity contribution is 5.87. The predicted octanol–water partition coefficient (Wildman–Crippen LogP) is 2.57. The second-order valence-corrected chi connectivity index (χ2v) is 6.10. The maximum atomic E-state index is 11.6. The number of aromatic nitrogens is 1. The lowest BCUT2D eigenvalue weighted by Crippen LogP contribution is -2.34. The first kappa shape index (κ1) is 17.9. The number of esters is 1. The summed E-state index contributed by atoms with van der Waals surface area (Å²) in [4.78, 5) is 20.9. The third-order valence-electron chi connectivity index (χ3n) is 4.19. The summed E-state index contributed by atoms with van der Waals surface area (Å²) in [6.07, 6.45) is 5.62. The van der Waals surface area contributed by atoms with Crippen LogP contribution in [-0.4, -0.2) is 60.1 Å². The van der Waals surface area contributed by atoms with E-state index in [0.717, 1.165) is 38.2 Å². The smallest absolute Gasteiger partial charge is 0.356 e. The molecule has 1 aliphatic heterocycles. The number of nitrogens with zero attached hydrogens (tertiary/aromatic N) is 3. The van der Waals surface area contributed by atoms with E-state index in [9.17, 15) is 4.79 Å². The number of rotatable bonds is 9. The minimum atomic E-state index is -0.349. The minimum Gasteiger partial charge on any atom is -0.461 e. The molecule has 1 aliphatic rings. The van der Waals surface area contributed by atoms with Gasteiger partial charge in [-0.1, -0.05) is 13.0 Å². The molecule has 5 heteroatoms. The first-order valence-corrected chi connectivity index (χ1v) is 8.79. The molecule has 0 unspecified atom stereocenters. The van der Waals surface area contributed by atoms with Crippen molar-refractivity contribution in [1.82, 2.24) is 14.8 Å². The quantitative estimate of drug-likeness (QED) is 0.655. The summed E-state index contributed by atoms with van der Waals surface area (Å²) < 4.78 is 4.97. The van der Waals surface area contributed by atoms with Crippen molar-refractivity contribution < 1.29 is 9.53 Å². The molecule has 1 fully saturated rings. The van der Waals surface area contributed by atoms with Gasteiger partial charge in [0.05, 0.1) is 6.61 Å². The van der Waals surface area contributed by atoms with E-state index in [0.29, 0.717) is 12.3 Å². The predicted molar refractivity (Wildman–Crippen MR) is 91.4 cm³/mol. The summed E-state index contributed by atoms with van der Waals surface area (Å²) >= 11 is 0. The summed E-state index contributed by atoms with van der Waals surface area (Å²) in [7, 11) is 0. The lowest BCUT2D eigenvalue weighted by Gasteiger charge is -2.24. The zero-order valence-corrected chi connectivity index (χ0v) is 14.5. The highest BCUT2D eigenvalue weighted by Crippen LogP contribution is 2.10. The Morgan fingerprint density at radius 1 is 1.26 bits per heavy atom.